The van der Waals surface area contributed by atoms with Crippen LogP contribution in [-0.2, 0) is 4.79 Å². The summed E-state index contributed by atoms with van der Waals surface area (Å²) in [7, 11) is 0. The Morgan fingerprint density at radius 3 is 2.45 bits per heavy atom. The minimum Gasteiger partial charge on any atom is -0.381 e. The van der Waals surface area contributed by atoms with E-state index in [4.69, 9.17) is 0 Å². The zero-order valence-corrected chi connectivity index (χ0v) is 7.48. The van der Waals surface area contributed by atoms with Gasteiger partial charge in [-0.1, -0.05) is 13.3 Å². The third-order valence-electron chi connectivity index (χ3n) is 1.37. The molecule has 11 heavy (non-hydrogen) atoms. The monoisotopic (exact) mass is 159 g/mol. The summed E-state index contributed by atoms with van der Waals surface area (Å²) in [5, 5.41) is 11.8. The van der Waals surface area contributed by atoms with Crippen molar-refractivity contribution in [1.82, 2.24) is 5.32 Å². The summed E-state index contributed by atoms with van der Waals surface area (Å²) in [5.41, 5.74) is -1.24. The Kier molecular flexibility index (Phi) is 4.11. The molecule has 0 saturated heterocycles. The summed E-state index contributed by atoms with van der Waals surface area (Å²) in [6.45, 7) is 5.66. The minimum atomic E-state index is -1.24. The third-order valence-corrected chi connectivity index (χ3v) is 1.37. The molecule has 3 nitrogen and oxygen atoms in total. The molecule has 0 aliphatic rings. The second-order valence-corrected chi connectivity index (χ2v) is 3.17. The van der Waals surface area contributed by atoms with Gasteiger partial charge in [0.15, 0.2) is 0 Å². The molecule has 0 heterocycles. The van der Waals surface area contributed by atoms with Gasteiger partial charge in [-0.25, -0.2) is 0 Å². The topological polar surface area (TPSA) is 49.3 Å². The molecule has 0 unspecified atom stereocenters. The number of hydrogen-bond acceptors (Lipinski definition) is 2. The molecule has 0 aliphatic carbocycles. The van der Waals surface area contributed by atoms with Crippen molar-refractivity contribution in [2.45, 2.75) is 39.2 Å². The minimum absolute atomic E-state index is 0.300. The van der Waals surface area contributed by atoms with Crippen LogP contribution < -0.4 is 5.32 Å². The molecule has 0 aromatic carbocycles. The summed E-state index contributed by atoms with van der Waals surface area (Å²) in [4.78, 5) is 11.0. The maximum absolute atomic E-state index is 11.0. The maximum atomic E-state index is 11.0. The number of carbonyl (C=O) groups is 1. The Labute approximate surface area is 67.8 Å². The average molecular weight is 159 g/mol. The van der Waals surface area contributed by atoms with Crippen molar-refractivity contribution in [2.24, 2.45) is 0 Å². The lowest BCUT2D eigenvalue weighted by Gasteiger charge is -2.15. The highest BCUT2D eigenvalue weighted by molar-refractivity contribution is 5.83. The molecule has 66 valence electrons. The normalized spacial score (nSPS) is 11.3. The lowest BCUT2D eigenvalue weighted by molar-refractivity contribution is -0.136. The molecule has 0 rings (SSSR count). The van der Waals surface area contributed by atoms with Gasteiger partial charge in [-0.15, -0.1) is 0 Å². The van der Waals surface area contributed by atoms with Crippen LogP contribution in [0.25, 0.3) is 0 Å². The summed E-state index contributed by atoms with van der Waals surface area (Å²) >= 11 is 0. The third kappa shape index (κ3) is 4.79. The number of hydrogen-bond donors (Lipinski definition) is 2. The number of rotatable bonds is 4. The molecule has 2 N–H and O–H groups in total. The van der Waals surface area contributed by atoms with E-state index in [0.29, 0.717) is 6.54 Å². The quantitative estimate of drug-likeness (QED) is 0.592. The first kappa shape index (κ1) is 10.4. The van der Waals surface area contributed by atoms with Gasteiger partial charge < -0.3 is 10.4 Å². The van der Waals surface area contributed by atoms with Crippen molar-refractivity contribution in [1.29, 1.82) is 0 Å². The molecule has 0 bridgehead atoms. The molecule has 0 spiro atoms. The van der Waals surface area contributed by atoms with E-state index in [1.165, 1.54) is 13.8 Å². The van der Waals surface area contributed by atoms with Gasteiger partial charge in [0.25, 0.3) is 5.91 Å². The second-order valence-electron chi connectivity index (χ2n) is 3.17. The van der Waals surface area contributed by atoms with Crippen LogP contribution in [0.5, 0.6) is 0 Å². The zero-order chi connectivity index (χ0) is 8.91. The van der Waals surface area contributed by atoms with Gasteiger partial charge in [-0.05, 0) is 20.3 Å². The Balaban J connectivity index is 3.54. The number of unbranched alkanes of at least 4 members (excludes halogenated alkanes) is 1. The predicted octanol–water partition coefficient (Wildman–Crippen LogP) is 0.674. The molecule has 1 amide bonds. The Bertz CT molecular complexity index is 127. The lowest BCUT2D eigenvalue weighted by Crippen LogP contribution is -2.42. The first-order valence-electron chi connectivity index (χ1n) is 3.99. The van der Waals surface area contributed by atoms with Crippen LogP contribution in [0.15, 0.2) is 0 Å². The molecular weight excluding hydrogens is 142 g/mol. The van der Waals surface area contributed by atoms with E-state index in [1.807, 2.05) is 0 Å². The number of amides is 1. The standard InChI is InChI=1S/C8H17NO2/c1-4-5-6-9-7(10)8(2,3)11/h11H,4-6H2,1-3H3,(H,9,10). The highest BCUT2D eigenvalue weighted by Gasteiger charge is 2.22. The summed E-state index contributed by atoms with van der Waals surface area (Å²) in [5.74, 6) is -0.300. The fourth-order valence-electron chi connectivity index (χ4n) is 0.595. The van der Waals surface area contributed by atoms with Gasteiger partial charge in [-0.2, -0.15) is 0 Å². The van der Waals surface area contributed by atoms with Crippen LogP contribution in [0.4, 0.5) is 0 Å². The summed E-state index contributed by atoms with van der Waals surface area (Å²) < 4.78 is 0. The maximum Gasteiger partial charge on any atom is 0.251 e. The van der Waals surface area contributed by atoms with Crippen LogP contribution in [0.3, 0.4) is 0 Å². The van der Waals surface area contributed by atoms with Crippen LogP contribution >= 0.6 is 0 Å². The fraction of sp³-hybridized carbons (Fsp3) is 0.875. The van der Waals surface area contributed by atoms with Gasteiger partial charge in [0, 0.05) is 6.54 Å². The molecule has 0 radical (unpaired) electrons. The van der Waals surface area contributed by atoms with Crippen molar-refractivity contribution in [2.75, 3.05) is 6.54 Å². The molecule has 0 atom stereocenters. The van der Waals surface area contributed by atoms with Crippen LogP contribution in [0, 0.1) is 0 Å². The number of nitrogens with one attached hydrogen (secondary N) is 1. The lowest BCUT2D eigenvalue weighted by atomic mass is 10.1. The van der Waals surface area contributed by atoms with Gasteiger partial charge in [0.05, 0.1) is 0 Å². The Hall–Kier alpha value is -0.570. The van der Waals surface area contributed by atoms with Crippen molar-refractivity contribution in [3.63, 3.8) is 0 Å². The fourth-order valence-corrected chi connectivity index (χ4v) is 0.595. The van der Waals surface area contributed by atoms with Crippen molar-refractivity contribution in [3.05, 3.63) is 0 Å². The predicted molar refractivity (Wildman–Crippen MR) is 44.2 cm³/mol. The first-order valence-corrected chi connectivity index (χ1v) is 3.99. The van der Waals surface area contributed by atoms with Crippen molar-refractivity contribution < 1.29 is 9.90 Å². The Morgan fingerprint density at radius 1 is 1.55 bits per heavy atom. The van der Waals surface area contributed by atoms with Crippen LogP contribution in [-0.4, -0.2) is 23.2 Å². The van der Waals surface area contributed by atoms with Crippen LogP contribution in [0.2, 0.25) is 0 Å². The van der Waals surface area contributed by atoms with E-state index < -0.39 is 5.60 Å². The summed E-state index contributed by atoms with van der Waals surface area (Å²) in [6.07, 6.45) is 2.01. The summed E-state index contributed by atoms with van der Waals surface area (Å²) in [6, 6.07) is 0. The molecule has 0 aromatic rings. The molecule has 0 saturated carbocycles. The zero-order valence-electron chi connectivity index (χ0n) is 7.48. The molecule has 0 aromatic heterocycles. The molecule has 3 heteroatoms. The van der Waals surface area contributed by atoms with E-state index >= 15 is 0 Å². The largest absolute Gasteiger partial charge is 0.381 e. The van der Waals surface area contributed by atoms with Gasteiger partial charge in [0.2, 0.25) is 0 Å². The number of carbonyl (C=O) groups excluding carboxylic acids is 1. The van der Waals surface area contributed by atoms with Crippen LogP contribution in [0.1, 0.15) is 33.6 Å². The van der Waals surface area contributed by atoms with E-state index in [0.717, 1.165) is 12.8 Å². The second kappa shape index (κ2) is 4.34. The van der Waals surface area contributed by atoms with E-state index in [1.54, 1.807) is 0 Å². The smallest absolute Gasteiger partial charge is 0.251 e. The number of aliphatic hydroxyl groups is 1. The van der Waals surface area contributed by atoms with Crippen molar-refractivity contribution in [3.8, 4) is 0 Å². The molecular formula is C8H17NO2. The van der Waals surface area contributed by atoms with Gasteiger partial charge in [0.1, 0.15) is 5.60 Å². The van der Waals surface area contributed by atoms with E-state index in [9.17, 15) is 9.90 Å². The van der Waals surface area contributed by atoms with E-state index in [-0.39, 0.29) is 5.91 Å². The van der Waals surface area contributed by atoms with Gasteiger partial charge >= 0.3 is 0 Å². The van der Waals surface area contributed by atoms with Gasteiger partial charge in [-0.3, -0.25) is 4.79 Å². The van der Waals surface area contributed by atoms with E-state index in [2.05, 4.69) is 12.2 Å². The van der Waals surface area contributed by atoms with Crippen molar-refractivity contribution >= 4 is 5.91 Å². The average Bonchev–Trinajstić information content (AvgIpc) is 1.86. The molecule has 0 aliphatic heterocycles. The first-order chi connectivity index (χ1) is 4.98. The SMILES string of the molecule is CCCCNC(=O)C(C)(C)O. The molecule has 0 fully saturated rings. The Morgan fingerprint density at radius 2 is 2.09 bits per heavy atom. The highest BCUT2D eigenvalue weighted by Crippen LogP contribution is 1.99. The highest BCUT2D eigenvalue weighted by atomic mass is 16.3.